The quantitative estimate of drug-likeness (QED) is 0.558. The number of rotatable bonds is 0. The smallest absolute Gasteiger partial charge is 0.208 e. The third-order valence-corrected chi connectivity index (χ3v) is 3.01. The van der Waals surface area contributed by atoms with Gasteiger partial charge < -0.3 is 4.90 Å². The van der Waals surface area contributed by atoms with Crippen LogP contribution in [0.2, 0.25) is 0 Å². The highest BCUT2D eigenvalue weighted by Crippen LogP contribution is 2.25. The first kappa shape index (κ1) is 10.4. The lowest BCUT2D eigenvalue weighted by atomic mass is 10.1. The van der Waals surface area contributed by atoms with E-state index in [0.29, 0.717) is 0 Å². The zero-order valence-electron chi connectivity index (χ0n) is 8.37. The van der Waals surface area contributed by atoms with Crippen LogP contribution in [0.1, 0.15) is 27.2 Å². The summed E-state index contributed by atoms with van der Waals surface area (Å²) < 4.78 is 0. The van der Waals surface area contributed by atoms with Crippen molar-refractivity contribution in [3.63, 3.8) is 0 Å². The first-order valence-electron chi connectivity index (χ1n) is 4.43. The van der Waals surface area contributed by atoms with Crippen molar-refractivity contribution in [1.82, 2.24) is 4.90 Å². The van der Waals surface area contributed by atoms with Gasteiger partial charge in [-0.2, -0.15) is 5.26 Å². The third kappa shape index (κ3) is 2.63. The lowest BCUT2D eigenvalue weighted by Crippen LogP contribution is -2.47. The van der Waals surface area contributed by atoms with Crippen molar-refractivity contribution in [3.05, 3.63) is 0 Å². The predicted molar refractivity (Wildman–Crippen MR) is 56.6 cm³/mol. The van der Waals surface area contributed by atoms with E-state index in [0.717, 1.165) is 17.5 Å². The normalized spacial score (nSPS) is 21.7. The van der Waals surface area contributed by atoms with Crippen LogP contribution in [0.15, 0.2) is 4.99 Å². The molecular formula is C9H15N3S. The summed E-state index contributed by atoms with van der Waals surface area (Å²) in [4.78, 5) is 6.04. The molecule has 0 spiro atoms. The molecule has 1 saturated heterocycles. The maximum Gasteiger partial charge on any atom is 0.208 e. The van der Waals surface area contributed by atoms with E-state index in [1.54, 1.807) is 11.8 Å². The molecule has 0 amide bonds. The Morgan fingerprint density at radius 2 is 2.23 bits per heavy atom. The summed E-state index contributed by atoms with van der Waals surface area (Å²) in [5.74, 6) is 1.08. The lowest BCUT2D eigenvalue weighted by molar-refractivity contribution is 0.240. The fraction of sp³-hybridized carbons (Fsp3) is 0.778. The molecule has 0 aromatic heterocycles. The summed E-state index contributed by atoms with van der Waals surface area (Å²) in [6.45, 7) is 7.44. The van der Waals surface area contributed by atoms with Gasteiger partial charge in [-0.1, -0.05) is 11.8 Å². The summed E-state index contributed by atoms with van der Waals surface area (Å²) in [6, 6.07) is 0. The molecule has 0 saturated carbocycles. The SMILES string of the molecule is CC(C)(C)N1CCCS/C1=N\C#N. The van der Waals surface area contributed by atoms with Crippen molar-refractivity contribution in [2.24, 2.45) is 4.99 Å². The van der Waals surface area contributed by atoms with Crippen molar-refractivity contribution in [2.45, 2.75) is 32.7 Å². The monoisotopic (exact) mass is 197 g/mol. The Morgan fingerprint density at radius 3 is 2.77 bits per heavy atom. The topological polar surface area (TPSA) is 39.4 Å². The molecule has 0 unspecified atom stereocenters. The highest BCUT2D eigenvalue weighted by molar-refractivity contribution is 8.13. The number of nitrogens with zero attached hydrogens (tertiary/aromatic N) is 3. The molecule has 0 bridgehead atoms. The minimum atomic E-state index is 0.0725. The summed E-state index contributed by atoms with van der Waals surface area (Å²) in [6.07, 6.45) is 3.04. The van der Waals surface area contributed by atoms with Crippen LogP contribution < -0.4 is 0 Å². The van der Waals surface area contributed by atoms with Gasteiger partial charge in [0.1, 0.15) is 0 Å². The highest BCUT2D eigenvalue weighted by Gasteiger charge is 2.27. The molecule has 0 aliphatic carbocycles. The molecule has 0 N–H and O–H groups in total. The molecule has 0 radical (unpaired) electrons. The first-order valence-corrected chi connectivity index (χ1v) is 5.41. The fourth-order valence-electron chi connectivity index (χ4n) is 1.32. The van der Waals surface area contributed by atoms with Crippen LogP contribution in [0.5, 0.6) is 0 Å². The maximum atomic E-state index is 8.52. The second-order valence-electron chi connectivity index (χ2n) is 4.02. The Labute approximate surface area is 83.8 Å². The van der Waals surface area contributed by atoms with Gasteiger partial charge in [-0.3, -0.25) is 0 Å². The Bertz CT molecular complexity index is 247. The van der Waals surface area contributed by atoms with Gasteiger partial charge in [0.15, 0.2) is 5.17 Å². The van der Waals surface area contributed by atoms with Crippen molar-refractivity contribution < 1.29 is 0 Å². The van der Waals surface area contributed by atoms with Gasteiger partial charge in [0, 0.05) is 17.8 Å². The van der Waals surface area contributed by atoms with Crippen LogP contribution in [0.4, 0.5) is 0 Å². The molecular weight excluding hydrogens is 182 g/mol. The standard InChI is InChI=1S/C9H15N3S/c1-9(2,3)12-5-4-6-13-8(12)11-7-10/h4-6H2,1-3H3/b11-8-. The number of thioether (sulfide) groups is 1. The second-order valence-corrected chi connectivity index (χ2v) is 5.08. The minimum absolute atomic E-state index is 0.0725. The van der Waals surface area contributed by atoms with E-state index < -0.39 is 0 Å². The van der Waals surface area contributed by atoms with Gasteiger partial charge in [-0.05, 0) is 27.2 Å². The Morgan fingerprint density at radius 1 is 1.54 bits per heavy atom. The average molecular weight is 197 g/mol. The molecule has 0 atom stereocenters. The molecule has 1 aliphatic heterocycles. The van der Waals surface area contributed by atoms with Crippen molar-refractivity contribution >= 4 is 16.9 Å². The molecule has 1 rings (SSSR count). The molecule has 0 aromatic carbocycles. The summed E-state index contributed by atoms with van der Waals surface area (Å²) >= 11 is 1.68. The van der Waals surface area contributed by atoms with E-state index in [1.165, 1.54) is 6.42 Å². The fourth-order valence-corrected chi connectivity index (χ4v) is 2.40. The minimum Gasteiger partial charge on any atom is -0.346 e. The molecule has 3 nitrogen and oxygen atoms in total. The lowest BCUT2D eigenvalue weighted by Gasteiger charge is -2.39. The van der Waals surface area contributed by atoms with Crippen molar-refractivity contribution in [1.29, 1.82) is 5.26 Å². The van der Waals surface area contributed by atoms with E-state index in [4.69, 9.17) is 5.26 Å². The molecule has 1 heterocycles. The number of hydrogen-bond acceptors (Lipinski definition) is 3. The summed E-state index contributed by atoms with van der Waals surface area (Å²) in [7, 11) is 0. The molecule has 72 valence electrons. The molecule has 1 aliphatic rings. The zero-order valence-corrected chi connectivity index (χ0v) is 9.19. The van der Waals surface area contributed by atoms with E-state index in [2.05, 4.69) is 30.7 Å². The Kier molecular flexibility index (Phi) is 3.21. The number of aliphatic imine (C=N–C) groups is 1. The van der Waals surface area contributed by atoms with Crippen molar-refractivity contribution in [3.8, 4) is 6.19 Å². The maximum absolute atomic E-state index is 8.52. The number of amidine groups is 1. The Hall–Kier alpha value is -0.690. The average Bonchev–Trinajstić information content (AvgIpc) is 2.04. The first-order chi connectivity index (χ1) is 6.05. The molecule has 13 heavy (non-hydrogen) atoms. The van der Waals surface area contributed by atoms with Crippen LogP contribution in [0, 0.1) is 11.5 Å². The van der Waals surface area contributed by atoms with Crippen LogP contribution >= 0.6 is 11.8 Å². The van der Waals surface area contributed by atoms with Gasteiger partial charge >= 0.3 is 0 Å². The Balaban J connectivity index is 2.81. The van der Waals surface area contributed by atoms with E-state index in [-0.39, 0.29) is 5.54 Å². The largest absolute Gasteiger partial charge is 0.346 e. The van der Waals surface area contributed by atoms with Gasteiger partial charge in [-0.25, -0.2) is 0 Å². The molecule has 0 aromatic rings. The van der Waals surface area contributed by atoms with E-state index >= 15 is 0 Å². The zero-order chi connectivity index (χ0) is 9.90. The third-order valence-electron chi connectivity index (χ3n) is 1.94. The molecule has 1 fully saturated rings. The van der Waals surface area contributed by atoms with Crippen LogP contribution in [0.25, 0.3) is 0 Å². The van der Waals surface area contributed by atoms with Gasteiger partial charge in [-0.15, -0.1) is 4.99 Å². The van der Waals surface area contributed by atoms with E-state index in [1.807, 2.05) is 6.19 Å². The summed E-state index contributed by atoms with van der Waals surface area (Å²) in [5.41, 5.74) is 0.0725. The van der Waals surface area contributed by atoms with Gasteiger partial charge in [0.05, 0.1) is 0 Å². The van der Waals surface area contributed by atoms with Crippen molar-refractivity contribution in [2.75, 3.05) is 12.3 Å². The van der Waals surface area contributed by atoms with Crippen LogP contribution in [-0.4, -0.2) is 27.9 Å². The predicted octanol–water partition coefficient (Wildman–Crippen LogP) is 2.06. The molecule has 4 heteroatoms. The van der Waals surface area contributed by atoms with Gasteiger partial charge in [0.25, 0.3) is 0 Å². The number of nitriles is 1. The second kappa shape index (κ2) is 4.01. The number of hydrogen-bond donors (Lipinski definition) is 0. The van der Waals surface area contributed by atoms with Crippen LogP contribution in [0.3, 0.4) is 0 Å². The summed E-state index contributed by atoms with van der Waals surface area (Å²) in [5, 5.41) is 9.40. The highest BCUT2D eigenvalue weighted by atomic mass is 32.2. The van der Waals surface area contributed by atoms with Crippen LogP contribution in [-0.2, 0) is 0 Å². The van der Waals surface area contributed by atoms with E-state index in [9.17, 15) is 0 Å². The van der Waals surface area contributed by atoms with Gasteiger partial charge in [0.2, 0.25) is 6.19 Å².